The van der Waals surface area contributed by atoms with Gasteiger partial charge in [0.2, 0.25) is 0 Å². The van der Waals surface area contributed by atoms with Gasteiger partial charge in [-0.15, -0.1) is 0 Å². The zero-order chi connectivity index (χ0) is 22.8. The van der Waals surface area contributed by atoms with Gasteiger partial charge in [0.05, 0.1) is 17.1 Å². The Kier molecular flexibility index (Phi) is 6.59. The summed E-state index contributed by atoms with van der Waals surface area (Å²) in [6.07, 6.45) is 1.42. The Morgan fingerprint density at radius 2 is 1.84 bits per heavy atom. The first kappa shape index (κ1) is 23.1. The Morgan fingerprint density at radius 1 is 1.13 bits per heavy atom. The molecule has 0 bridgehead atoms. The number of sulfone groups is 1. The van der Waals surface area contributed by atoms with Crippen LogP contribution in [-0.2, 0) is 24.1 Å². The number of esters is 1. The van der Waals surface area contributed by atoms with E-state index in [1.54, 1.807) is 37.8 Å². The molecule has 1 aromatic carbocycles. The molecule has 1 heterocycles. The summed E-state index contributed by atoms with van der Waals surface area (Å²) in [4.78, 5) is 38.6. The van der Waals surface area contributed by atoms with E-state index in [2.05, 4.69) is 5.32 Å². The molecule has 0 spiro atoms. The van der Waals surface area contributed by atoms with Crippen molar-refractivity contribution in [1.29, 1.82) is 0 Å². The summed E-state index contributed by atoms with van der Waals surface area (Å²) in [6.45, 7) is 4.76. The maximum Gasteiger partial charge on any atom is 0.412 e. The molecule has 2 amide bonds. The first-order chi connectivity index (χ1) is 14.4. The molecule has 1 saturated carbocycles. The smallest absolute Gasteiger partial charge is 0.412 e. The van der Waals surface area contributed by atoms with Gasteiger partial charge in [-0.25, -0.2) is 18.0 Å². The number of nitrogens with one attached hydrogen (secondary N) is 1. The van der Waals surface area contributed by atoms with Gasteiger partial charge in [-0.1, -0.05) is 6.07 Å². The Hall–Kier alpha value is -2.62. The molecule has 2 aliphatic rings. The number of hydrogen-bond donors (Lipinski definition) is 1. The van der Waals surface area contributed by atoms with Crippen molar-refractivity contribution < 1.29 is 32.3 Å². The molecule has 2 fully saturated rings. The molecule has 0 aromatic heterocycles. The third-order valence-corrected chi connectivity index (χ3v) is 6.65. The summed E-state index contributed by atoms with van der Waals surface area (Å²) in [5.74, 6) is -1.07. The van der Waals surface area contributed by atoms with Gasteiger partial charge in [0, 0.05) is 17.8 Å². The molecule has 1 saturated heterocycles. The van der Waals surface area contributed by atoms with E-state index in [0.717, 1.165) is 12.8 Å². The summed E-state index contributed by atoms with van der Waals surface area (Å²) < 4.78 is 33.9. The fraction of sp³-hybridized carbons (Fsp3) is 0.571. The van der Waals surface area contributed by atoms with Crippen LogP contribution in [0.15, 0.2) is 24.3 Å². The van der Waals surface area contributed by atoms with E-state index in [4.69, 9.17) is 9.47 Å². The van der Waals surface area contributed by atoms with Crippen LogP contribution in [0.5, 0.6) is 0 Å². The van der Waals surface area contributed by atoms with Gasteiger partial charge >= 0.3 is 12.1 Å². The van der Waals surface area contributed by atoms with E-state index in [-0.39, 0.29) is 35.1 Å². The first-order valence-corrected chi connectivity index (χ1v) is 12.0. The SMILES string of the molecule is CC(C)(C)OC(=O)Nc1cccc(C(=O)OCC(=O)N(C2CC2)[C@@H]2CCS(=O)(=O)C2)c1. The monoisotopic (exact) mass is 452 g/mol. The largest absolute Gasteiger partial charge is 0.452 e. The summed E-state index contributed by atoms with van der Waals surface area (Å²) in [7, 11) is -3.13. The topological polar surface area (TPSA) is 119 Å². The minimum absolute atomic E-state index is 0.0193. The van der Waals surface area contributed by atoms with Crippen LogP contribution in [0.25, 0.3) is 0 Å². The number of amides is 2. The van der Waals surface area contributed by atoms with E-state index in [1.165, 1.54) is 12.1 Å². The number of carbonyl (C=O) groups is 3. The summed E-state index contributed by atoms with van der Waals surface area (Å²) in [5, 5.41) is 2.54. The molecule has 1 atom stereocenters. The van der Waals surface area contributed by atoms with Crippen molar-refractivity contribution in [2.75, 3.05) is 23.4 Å². The Labute approximate surface area is 182 Å². The Balaban J connectivity index is 1.57. The number of hydrogen-bond acceptors (Lipinski definition) is 7. The number of rotatable bonds is 6. The maximum absolute atomic E-state index is 12.7. The lowest BCUT2D eigenvalue weighted by atomic mass is 10.2. The van der Waals surface area contributed by atoms with Crippen molar-refractivity contribution in [3.63, 3.8) is 0 Å². The van der Waals surface area contributed by atoms with Crippen LogP contribution in [0.3, 0.4) is 0 Å². The highest BCUT2D eigenvalue weighted by Crippen LogP contribution is 2.32. The van der Waals surface area contributed by atoms with Crippen molar-refractivity contribution in [2.24, 2.45) is 0 Å². The molecule has 170 valence electrons. The lowest BCUT2D eigenvalue weighted by molar-refractivity contribution is -0.137. The average molecular weight is 453 g/mol. The molecule has 1 N–H and O–H groups in total. The van der Waals surface area contributed by atoms with Crippen LogP contribution in [-0.4, -0.2) is 67.1 Å². The maximum atomic E-state index is 12.7. The average Bonchev–Trinajstić information content (AvgIpc) is 3.41. The van der Waals surface area contributed by atoms with Crippen LogP contribution in [0.4, 0.5) is 10.5 Å². The summed E-state index contributed by atoms with van der Waals surface area (Å²) in [6, 6.07) is 5.77. The third kappa shape index (κ3) is 6.68. The molecular weight excluding hydrogens is 424 g/mol. The Bertz CT molecular complexity index is 964. The van der Waals surface area contributed by atoms with E-state index < -0.39 is 34.1 Å². The molecule has 0 radical (unpaired) electrons. The molecule has 1 aliphatic heterocycles. The Morgan fingerprint density at radius 3 is 2.42 bits per heavy atom. The van der Waals surface area contributed by atoms with Gasteiger partial charge < -0.3 is 14.4 Å². The highest BCUT2D eigenvalue weighted by Gasteiger charge is 2.42. The minimum atomic E-state index is -3.13. The molecule has 1 aliphatic carbocycles. The van der Waals surface area contributed by atoms with Gasteiger partial charge in [0.1, 0.15) is 5.60 Å². The molecule has 31 heavy (non-hydrogen) atoms. The van der Waals surface area contributed by atoms with Gasteiger partial charge in [-0.3, -0.25) is 10.1 Å². The molecule has 0 unspecified atom stereocenters. The van der Waals surface area contributed by atoms with Crippen LogP contribution in [0, 0.1) is 0 Å². The number of anilines is 1. The van der Waals surface area contributed by atoms with Crippen molar-refractivity contribution in [1.82, 2.24) is 4.90 Å². The molecular formula is C21H28N2O7S. The predicted molar refractivity (Wildman–Crippen MR) is 114 cm³/mol. The highest BCUT2D eigenvalue weighted by atomic mass is 32.2. The van der Waals surface area contributed by atoms with E-state index in [0.29, 0.717) is 12.1 Å². The summed E-state index contributed by atoms with van der Waals surface area (Å²) in [5.41, 5.74) is -0.138. The standard InChI is InChI=1S/C21H28N2O7S/c1-21(2,3)30-20(26)22-15-6-4-5-14(11-15)19(25)29-12-18(24)23(16-7-8-16)17-9-10-31(27,28)13-17/h4-6,11,16-17H,7-10,12-13H2,1-3H3,(H,22,26)/t17-/m1/s1. The summed E-state index contributed by atoms with van der Waals surface area (Å²) >= 11 is 0. The van der Waals surface area contributed by atoms with Gasteiger partial charge in [0.25, 0.3) is 5.91 Å². The molecule has 10 heteroatoms. The van der Waals surface area contributed by atoms with Crippen molar-refractivity contribution in [3.05, 3.63) is 29.8 Å². The lowest BCUT2D eigenvalue weighted by Crippen LogP contribution is -2.44. The fourth-order valence-corrected chi connectivity index (χ4v) is 5.19. The second-order valence-corrected chi connectivity index (χ2v) is 11.1. The number of benzene rings is 1. The highest BCUT2D eigenvalue weighted by molar-refractivity contribution is 7.91. The number of carbonyl (C=O) groups excluding carboxylic acids is 3. The van der Waals surface area contributed by atoms with Crippen molar-refractivity contribution in [2.45, 2.75) is 57.7 Å². The van der Waals surface area contributed by atoms with E-state index in [1.807, 2.05) is 0 Å². The number of nitrogens with zero attached hydrogens (tertiary/aromatic N) is 1. The van der Waals surface area contributed by atoms with Crippen LogP contribution in [0.1, 0.15) is 50.4 Å². The predicted octanol–water partition coefficient (Wildman–Crippen LogP) is 2.37. The van der Waals surface area contributed by atoms with E-state index in [9.17, 15) is 22.8 Å². The van der Waals surface area contributed by atoms with Gasteiger partial charge in [-0.05, 0) is 58.2 Å². The second-order valence-electron chi connectivity index (χ2n) is 8.87. The molecule has 3 rings (SSSR count). The van der Waals surface area contributed by atoms with Crippen LogP contribution < -0.4 is 5.32 Å². The first-order valence-electron chi connectivity index (χ1n) is 10.2. The quantitative estimate of drug-likeness (QED) is 0.658. The van der Waals surface area contributed by atoms with Gasteiger partial charge in [0.15, 0.2) is 16.4 Å². The second kappa shape index (κ2) is 8.86. The van der Waals surface area contributed by atoms with Crippen molar-refractivity contribution in [3.8, 4) is 0 Å². The fourth-order valence-electron chi connectivity index (χ4n) is 3.48. The van der Waals surface area contributed by atoms with Crippen molar-refractivity contribution >= 4 is 33.5 Å². The third-order valence-electron chi connectivity index (χ3n) is 4.90. The minimum Gasteiger partial charge on any atom is -0.452 e. The lowest BCUT2D eigenvalue weighted by Gasteiger charge is -2.28. The zero-order valence-electron chi connectivity index (χ0n) is 17.9. The molecule has 9 nitrogen and oxygen atoms in total. The normalized spacial score (nSPS) is 20.0. The molecule has 1 aromatic rings. The van der Waals surface area contributed by atoms with Crippen LogP contribution in [0.2, 0.25) is 0 Å². The van der Waals surface area contributed by atoms with Gasteiger partial charge in [-0.2, -0.15) is 0 Å². The van der Waals surface area contributed by atoms with E-state index >= 15 is 0 Å². The van der Waals surface area contributed by atoms with Crippen LogP contribution >= 0.6 is 0 Å². The number of ether oxygens (including phenoxy) is 2. The zero-order valence-corrected chi connectivity index (χ0v) is 18.7.